The molecule has 3 aromatic rings. The van der Waals surface area contributed by atoms with Crippen molar-refractivity contribution in [1.82, 2.24) is 10.3 Å². The van der Waals surface area contributed by atoms with E-state index in [0.29, 0.717) is 11.1 Å². The van der Waals surface area contributed by atoms with Crippen molar-refractivity contribution < 1.29 is 27.5 Å². The van der Waals surface area contributed by atoms with E-state index in [9.17, 15) is 27.5 Å². The van der Waals surface area contributed by atoms with Crippen molar-refractivity contribution in [2.75, 3.05) is 0 Å². The SMILES string of the molecule is Cc1ccc(-c2cc(C(=O)NC(C)c3ncccc3F)cc(C(O)C(F)(F)F)c2)cc1. The monoisotopic (exact) mass is 432 g/mol. The Balaban J connectivity index is 1.99. The van der Waals surface area contributed by atoms with Gasteiger partial charge < -0.3 is 10.4 Å². The van der Waals surface area contributed by atoms with Gasteiger partial charge in [-0.15, -0.1) is 0 Å². The fourth-order valence-corrected chi connectivity index (χ4v) is 3.11. The van der Waals surface area contributed by atoms with Crippen LogP contribution in [0.15, 0.2) is 60.8 Å². The number of hydrogen-bond donors (Lipinski definition) is 2. The molecule has 31 heavy (non-hydrogen) atoms. The number of carbonyl (C=O) groups excluding carboxylic acids is 1. The second kappa shape index (κ2) is 8.85. The smallest absolute Gasteiger partial charge is 0.379 e. The topological polar surface area (TPSA) is 62.2 Å². The molecular formula is C23H20F4N2O2. The average Bonchev–Trinajstić information content (AvgIpc) is 2.73. The molecule has 1 heterocycles. The lowest BCUT2D eigenvalue weighted by Gasteiger charge is -2.19. The lowest BCUT2D eigenvalue weighted by atomic mass is 9.96. The van der Waals surface area contributed by atoms with E-state index in [1.54, 1.807) is 24.3 Å². The van der Waals surface area contributed by atoms with Crippen LogP contribution in [0.2, 0.25) is 0 Å². The standard InChI is InChI=1S/C23H20F4N2O2/c1-13-5-7-15(8-6-13)16-10-17(21(30)23(25,26)27)12-18(11-16)22(31)29-14(2)20-19(24)4-3-9-28-20/h3-12,14,21,30H,1-2H3,(H,29,31). The van der Waals surface area contributed by atoms with E-state index < -0.39 is 35.6 Å². The number of pyridine rings is 1. The van der Waals surface area contributed by atoms with Gasteiger partial charge in [0.2, 0.25) is 0 Å². The van der Waals surface area contributed by atoms with Gasteiger partial charge in [0.05, 0.1) is 11.7 Å². The molecule has 0 radical (unpaired) electrons. The maximum absolute atomic E-state index is 13.9. The molecule has 4 nitrogen and oxygen atoms in total. The number of aliphatic hydroxyl groups excluding tert-OH is 1. The van der Waals surface area contributed by atoms with Crippen molar-refractivity contribution in [2.24, 2.45) is 0 Å². The average molecular weight is 432 g/mol. The molecule has 162 valence electrons. The van der Waals surface area contributed by atoms with Gasteiger partial charge in [-0.1, -0.05) is 29.8 Å². The van der Waals surface area contributed by atoms with Crippen molar-refractivity contribution >= 4 is 5.91 Å². The van der Waals surface area contributed by atoms with E-state index in [1.807, 2.05) is 6.92 Å². The van der Waals surface area contributed by atoms with E-state index >= 15 is 0 Å². The summed E-state index contributed by atoms with van der Waals surface area (Å²) in [7, 11) is 0. The normalized spacial score (nSPS) is 13.5. The maximum Gasteiger partial charge on any atom is 0.418 e. The highest BCUT2D eigenvalue weighted by Crippen LogP contribution is 2.35. The summed E-state index contributed by atoms with van der Waals surface area (Å²) >= 11 is 0. The van der Waals surface area contributed by atoms with Gasteiger partial charge in [-0.3, -0.25) is 9.78 Å². The summed E-state index contributed by atoms with van der Waals surface area (Å²) in [5, 5.41) is 12.3. The van der Waals surface area contributed by atoms with E-state index in [0.717, 1.165) is 11.6 Å². The second-order valence-electron chi connectivity index (χ2n) is 7.22. The molecule has 2 unspecified atom stereocenters. The number of aromatic nitrogens is 1. The lowest BCUT2D eigenvalue weighted by molar-refractivity contribution is -0.206. The first-order chi connectivity index (χ1) is 14.6. The molecule has 0 bridgehead atoms. The number of aliphatic hydroxyl groups is 1. The van der Waals surface area contributed by atoms with Gasteiger partial charge in [-0.2, -0.15) is 13.2 Å². The quantitative estimate of drug-likeness (QED) is 0.539. The number of halogens is 4. The van der Waals surface area contributed by atoms with Gasteiger partial charge in [0.1, 0.15) is 5.82 Å². The number of aryl methyl sites for hydroxylation is 1. The van der Waals surface area contributed by atoms with Crippen LogP contribution in [0.4, 0.5) is 17.6 Å². The van der Waals surface area contributed by atoms with Gasteiger partial charge in [0.15, 0.2) is 6.10 Å². The predicted octanol–water partition coefficient (Wildman–Crippen LogP) is 5.28. The highest BCUT2D eigenvalue weighted by Gasteiger charge is 2.39. The summed E-state index contributed by atoms with van der Waals surface area (Å²) in [6.45, 7) is 3.38. The van der Waals surface area contributed by atoms with Gasteiger partial charge in [0, 0.05) is 11.8 Å². The van der Waals surface area contributed by atoms with Crippen molar-refractivity contribution in [3.05, 3.63) is 89.0 Å². The molecule has 8 heteroatoms. The first-order valence-corrected chi connectivity index (χ1v) is 9.44. The number of benzene rings is 2. The summed E-state index contributed by atoms with van der Waals surface area (Å²) in [5.41, 5.74) is 1.31. The third-order valence-electron chi connectivity index (χ3n) is 4.77. The molecule has 3 rings (SSSR count). The van der Waals surface area contributed by atoms with Gasteiger partial charge >= 0.3 is 6.18 Å². The fraction of sp³-hybridized carbons (Fsp3) is 0.217. The summed E-state index contributed by atoms with van der Waals surface area (Å²) in [6, 6.07) is 12.4. The highest BCUT2D eigenvalue weighted by atomic mass is 19.4. The molecule has 2 aromatic carbocycles. The number of amides is 1. The Kier molecular flexibility index (Phi) is 6.40. The molecule has 0 saturated heterocycles. The summed E-state index contributed by atoms with van der Waals surface area (Å²) < 4.78 is 53.3. The zero-order chi connectivity index (χ0) is 22.8. The van der Waals surface area contributed by atoms with Crippen LogP contribution >= 0.6 is 0 Å². The van der Waals surface area contributed by atoms with Crippen LogP contribution in [0, 0.1) is 12.7 Å². The minimum absolute atomic E-state index is 0.00101. The zero-order valence-electron chi connectivity index (χ0n) is 16.7. The largest absolute Gasteiger partial charge is 0.418 e. The van der Waals surface area contributed by atoms with Gasteiger partial charge in [-0.05, 0) is 60.9 Å². The first-order valence-electron chi connectivity index (χ1n) is 9.44. The highest BCUT2D eigenvalue weighted by molar-refractivity contribution is 5.96. The van der Waals surface area contributed by atoms with E-state index in [-0.39, 0.29) is 11.3 Å². The Morgan fingerprint density at radius 1 is 1.06 bits per heavy atom. The van der Waals surface area contributed by atoms with Crippen LogP contribution in [-0.2, 0) is 0 Å². The Labute approximate surface area is 176 Å². The minimum atomic E-state index is -4.90. The molecule has 1 aromatic heterocycles. The second-order valence-corrected chi connectivity index (χ2v) is 7.22. The third kappa shape index (κ3) is 5.27. The summed E-state index contributed by atoms with van der Waals surface area (Å²) in [6.07, 6.45) is -6.28. The number of nitrogens with one attached hydrogen (secondary N) is 1. The number of rotatable bonds is 5. The molecule has 0 fully saturated rings. The number of nitrogens with zero attached hydrogens (tertiary/aromatic N) is 1. The van der Waals surface area contributed by atoms with Crippen LogP contribution in [-0.4, -0.2) is 22.2 Å². The van der Waals surface area contributed by atoms with Crippen LogP contribution in [0.5, 0.6) is 0 Å². The van der Waals surface area contributed by atoms with E-state index in [1.165, 1.54) is 37.4 Å². The lowest BCUT2D eigenvalue weighted by Crippen LogP contribution is -2.28. The number of carbonyl (C=O) groups is 1. The van der Waals surface area contributed by atoms with Crippen molar-refractivity contribution in [2.45, 2.75) is 32.2 Å². The Morgan fingerprint density at radius 2 is 1.74 bits per heavy atom. The van der Waals surface area contributed by atoms with Crippen molar-refractivity contribution in [3.63, 3.8) is 0 Å². The number of hydrogen-bond acceptors (Lipinski definition) is 3. The molecule has 0 spiro atoms. The van der Waals surface area contributed by atoms with E-state index in [4.69, 9.17) is 0 Å². The first kappa shape index (κ1) is 22.4. The molecule has 0 aliphatic carbocycles. The summed E-state index contributed by atoms with van der Waals surface area (Å²) in [4.78, 5) is 16.7. The molecular weight excluding hydrogens is 412 g/mol. The Morgan fingerprint density at radius 3 is 2.35 bits per heavy atom. The predicted molar refractivity (Wildman–Crippen MR) is 108 cm³/mol. The molecule has 2 N–H and O–H groups in total. The zero-order valence-corrected chi connectivity index (χ0v) is 16.7. The maximum atomic E-state index is 13.9. The molecule has 2 atom stereocenters. The Hall–Kier alpha value is -3.26. The minimum Gasteiger partial charge on any atom is -0.379 e. The molecule has 0 aliphatic heterocycles. The van der Waals surface area contributed by atoms with Crippen molar-refractivity contribution in [3.8, 4) is 11.1 Å². The molecule has 0 aliphatic rings. The number of alkyl halides is 3. The van der Waals surface area contributed by atoms with Crippen LogP contribution in [0.3, 0.4) is 0 Å². The molecule has 0 saturated carbocycles. The van der Waals surface area contributed by atoms with Crippen LogP contribution in [0.25, 0.3) is 11.1 Å². The summed E-state index contributed by atoms with van der Waals surface area (Å²) in [5.74, 6) is -1.33. The van der Waals surface area contributed by atoms with Gasteiger partial charge in [0.25, 0.3) is 5.91 Å². The van der Waals surface area contributed by atoms with Gasteiger partial charge in [-0.25, -0.2) is 4.39 Å². The molecule has 1 amide bonds. The Bertz CT molecular complexity index is 1080. The third-order valence-corrected chi connectivity index (χ3v) is 4.77. The van der Waals surface area contributed by atoms with Crippen LogP contribution < -0.4 is 5.32 Å². The van der Waals surface area contributed by atoms with E-state index in [2.05, 4.69) is 10.3 Å². The van der Waals surface area contributed by atoms with Crippen LogP contribution in [0.1, 0.15) is 46.2 Å². The fourth-order valence-electron chi connectivity index (χ4n) is 3.11. The van der Waals surface area contributed by atoms with Crippen molar-refractivity contribution in [1.29, 1.82) is 0 Å².